The van der Waals surface area contributed by atoms with E-state index in [9.17, 15) is 9.59 Å². The van der Waals surface area contributed by atoms with Gasteiger partial charge in [0.15, 0.2) is 17.1 Å². The highest BCUT2D eigenvalue weighted by atomic mass is 16.6. The summed E-state index contributed by atoms with van der Waals surface area (Å²) in [5, 5.41) is 4.18. The Morgan fingerprint density at radius 1 is 1.19 bits per heavy atom. The third kappa shape index (κ3) is 3.01. The van der Waals surface area contributed by atoms with E-state index in [2.05, 4.69) is 5.10 Å². The Labute approximate surface area is 149 Å². The Kier molecular flexibility index (Phi) is 4.08. The van der Waals surface area contributed by atoms with Crippen LogP contribution in [0.25, 0.3) is 5.65 Å². The first kappa shape index (κ1) is 16.2. The van der Waals surface area contributed by atoms with Gasteiger partial charge in [-0.3, -0.25) is 9.20 Å². The van der Waals surface area contributed by atoms with E-state index in [1.165, 1.54) is 9.08 Å². The zero-order valence-corrected chi connectivity index (χ0v) is 14.3. The number of aromatic nitrogens is 3. The molecule has 4 rings (SSSR count). The maximum absolute atomic E-state index is 12.5. The van der Waals surface area contributed by atoms with Crippen LogP contribution in [-0.2, 0) is 17.9 Å². The molecule has 0 bridgehead atoms. The van der Waals surface area contributed by atoms with Gasteiger partial charge in [-0.05, 0) is 29.8 Å². The third-order valence-electron chi connectivity index (χ3n) is 4.23. The molecule has 1 aliphatic heterocycles. The molecule has 1 aromatic carbocycles. The molecule has 0 spiro atoms. The van der Waals surface area contributed by atoms with Gasteiger partial charge in [-0.25, -0.2) is 9.48 Å². The highest BCUT2D eigenvalue weighted by Gasteiger charge is 2.16. The van der Waals surface area contributed by atoms with Gasteiger partial charge in [0.25, 0.3) is 0 Å². The number of benzene rings is 1. The van der Waals surface area contributed by atoms with Gasteiger partial charge in [-0.15, -0.1) is 5.10 Å². The largest absolute Gasteiger partial charge is 0.486 e. The number of likely N-dealkylation sites (N-methyl/N-ethyl adjacent to an activating group) is 1. The van der Waals surface area contributed by atoms with Crippen LogP contribution >= 0.6 is 0 Å². The van der Waals surface area contributed by atoms with Crippen molar-refractivity contribution in [2.45, 2.75) is 13.1 Å². The minimum atomic E-state index is -0.332. The molecule has 0 saturated carbocycles. The highest BCUT2D eigenvalue weighted by molar-refractivity contribution is 5.75. The second kappa shape index (κ2) is 6.55. The van der Waals surface area contributed by atoms with Gasteiger partial charge in [-0.1, -0.05) is 12.1 Å². The predicted octanol–water partition coefficient (Wildman–Crippen LogP) is 0.926. The summed E-state index contributed by atoms with van der Waals surface area (Å²) in [6.45, 7) is 1.35. The van der Waals surface area contributed by atoms with Crippen LogP contribution in [-0.4, -0.2) is 45.2 Å². The molecule has 2 aromatic heterocycles. The predicted molar refractivity (Wildman–Crippen MR) is 93.4 cm³/mol. The topological polar surface area (TPSA) is 78.1 Å². The normalized spacial score (nSPS) is 13.0. The number of ether oxygens (including phenoxy) is 2. The molecule has 3 heterocycles. The van der Waals surface area contributed by atoms with E-state index in [0.717, 1.165) is 5.56 Å². The average Bonchev–Trinajstić information content (AvgIpc) is 2.97. The quantitative estimate of drug-likeness (QED) is 0.696. The molecule has 1 amide bonds. The monoisotopic (exact) mass is 354 g/mol. The van der Waals surface area contributed by atoms with Crippen molar-refractivity contribution in [2.75, 3.05) is 20.3 Å². The van der Waals surface area contributed by atoms with Gasteiger partial charge < -0.3 is 14.4 Å². The number of hydrogen-bond donors (Lipinski definition) is 0. The summed E-state index contributed by atoms with van der Waals surface area (Å²) in [5.74, 6) is 1.20. The van der Waals surface area contributed by atoms with Crippen LogP contribution in [0.5, 0.6) is 11.5 Å². The van der Waals surface area contributed by atoms with Crippen molar-refractivity contribution in [2.24, 2.45) is 0 Å². The Morgan fingerprint density at radius 3 is 2.81 bits per heavy atom. The number of hydrogen-bond acceptors (Lipinski definition) is 5. The summed E-state index contributed by atoms with van der Waals surface area (Å²) in [5.41, 5.74) is 1.11. The zero-order valence-electron chi connectivity index (χ0n) is 14.3. The van der Waals surface area contributed by atoms with Crippen LogP contribution in [0, 0.1) is 0 Å². The molecular weight excluding hydrogens is 336 g/mol. The fourth-order valence-corrected chi connectivity index (χ4v) is 2.87. The Morgan fingerprint density at radius 2 is 2.00 bits per heavy atom. The Bertz CT molecular complexity index is 1020. The van der Waals surface area contributed by atoms with Crippen molar-refractivity contribution in [1.29, 1.82) is 0 Å². The van der Waals surface area contributed by atoms with Gasteiger partial charge in [0, 0.05) is 19.8 Å². The molecule has 0 atom stereocenters. The van der Waals surface area contributed by atoms with E-state index in [-0.39, 0.29) is 18.1 Å². The third-order valence-corrected chi connectivity index (χ3v) is 4.23. The molecule has 0 radical (unpaired) electrons. The minimum absolute atomic E-state index is 0.110. The fraction of sp³-hybridized carbons (Fsp3) is 0.278. The molecule has 0 fully saturated rings. The molecule has 8 heteroatoms. The minimum Gasteiger partial charge on any atom is -0.486 e. The second-order valence-electron chi connectivity index (χ2n) is 6.10. The molecule has 0 saturated heterocycles. The number of amides is 1. The van der Waals surface area contributed by atoms with Crippen LogP contribution < -0.4 is 15.2 Å². The first-order valence-corrected chi connectivity index (χ1v) is 8.28. The first-order chi connectivity index (χ1) is 12.6. The van der Waals surface area contributed by atoms with Crippen molar-refractivity contribution in [3.8, 4) is 11.5 Å². The number of carbonyl (C=O) groups is 1. The fourth-order valence-electron chi connectivity index (χ4n) is 2.87. The van der Waals surface area contributed by atoms with E-state index >= 15 is 0 Å². The zero-order chi connectivity index (χ0) is 18.1. The average molecular weight is 354 g/mol. The number of fused-ring (bicyclic) bond motifs is 2. The summed E-state index contributed by atoms with van der Waals surface area (Å²) in [7, 11) is 1.69. The van der Waals surface area contributed by atoms with Gasteiger partial charge in [-0.2, -0.15) is 0 Å². The van der Waals surface area contributed by atoms with Gasteiger partial charge in [0.1, 0.15) is 19.8 Å². The molecule has 0 N–H and O–H groups in total. The lowest BCUT2D eigenvalue weighted by atomic mass is 10.2. The summed E-state index contributed by atoms with van der Waals surface area (Å²) < 4.78 is 13.7. The van der Waals surface area contributed by atoms with E-state index < -0.39 is 0 Å². The van der Waals surface area contributed by atoms with E-state index in [1.54, 1.807) is 36.3 Å². The smallest absolute Gasteiger partial charge is 0.350 e. The van der Waals surface area contributed by atoms with Crippen LogP contribution in [0.15, 0.2) is 47.4 Å². The Hall–Kier alpha value is -3.29. The van der Waals surface area contributed by atoms with E-state index in [1.807, 2.05) is 18.2 Å². The molecule has 3 aromatic rings. The summed E-state index contributed by atoms with van der Waals surface area (Å²) in [6.07, 6.45) is 1.63. The lowest BCUT2D eigenvalue weighted by Crippen LogP contribution is -2.34. The van der Waals surface area contributed by atoms with Crippen molar-refractivity contribution in [3.05, 3.63) is 58.6 Å². The summed E-state index contributed by atoms with van der Waals surface area (Å²) >= 11 is 0. The standard InChI is InChI=1S/C18H18N4O4/c1-20(11-13-5-6-14-15(10-13)26-9-8-25-14)17(23)12-22-18(24)21-7-3-2-4-16(21)19-22/h2-7,10H,8-9,11-12H2,1H3. The molecule has 1 aliphatic rings. The van der Waals surface area contributed by atoms with Crippen molar-refractivity contribution < 1.29 is 14.3 Å². The van der Waals surface area contributed by atoms with Crippen LogP contribution in [0.3, 0.4) is 0 Å². The van der Waals surface area contributed by atoms with Crippen LogP contribution in [0.2, 0.25) is 0 Å². The van der Waals surface area contributed by atoms with E-state index in [4.69, 9.17) is 9.47 Å². The molecular formula is C18H18N4O4. The number of pyridine rings is 1. The van der Waals surface area contributed by atoms with Gasteiger partial charge >= 0.3 is 5.69 Å². The van der Waals surface area contributed by atoms with Crippen molar-refractivity contribution >= 4 is 11.6 Å². The molecule has 0 unspecified atom stereocenters. The Balaban J connectivity index is 1.47. The first-order valence-electron chi connectivity index (χ1n) is 8.28. The van der Waals surface area contributed by atoms with Crippen LogP contribution in [0.1, 0.15) is 5.56 Å². The van der Waals surface area contributed by atoms with Gasteiger partial charge in [0.05, 0.1) is 0 Å². The lowest BCUT2D eigenvalue weighted by Gasteiger charge is -2.21. The number of carbonyl (C=O) groups excluding carboxylic acids is 1. The SMILES string of the molecule is CN(Cc1ccc2c(c1)OCCO2)C(=O)Cn1nc2ccccn2c1=O. The molecule has 0 aliphatic carbocycles. The maximum atomic E-state index is 12.5. The van der Waals surface area contributed by atoms with E-state index in [0.29, 0.717) is 36.9 Å². The molecule has 8 nitrogen and oxygen atoms in total. The van der Waals surface area contributed by atoms with Crippen LogP contribution in [0.4, 0.5) is 0 Å². The van der Waals surface area contributed by atoms with Gasteiger partial charge in [0.2, 0.25) is 5.91 Å². The number of nitrogens with zero attached hydrogens (tertiary/aromatic N) is 4. The highest BCUT2D eigenvalue weighted by Crippen LogP contribution is 2.31. The maximum Gasteiger partial charge on any atom is 0.350 e. The van der Waals surface area contributed by atoms with Crippen molar-refractivity contribution in [3.63, 3.8) is 0 Å². The second-order valence-corrected chi connectivity index (χ2v) is 6.10. The lowest BCUT2D eigenvalue weighted by molar-refractivity contribution is -0.131. The summed E-state index contributed by atoms with van der Waals surface area (Å²) in [4.78, 5) is 26.3. The van der Waals surface area contributed by atoms with Crippen molar-refractivity contribution in [1.82, 2.24) is 19.1 Å². The summed E-state index contributed by atoms with van der Waals surface area (Å²) in [6, 6.07) is 10.9. The molecule has 26 heavy (non-hydrogen) atoms. The molecule has 134 valence electrons. The number of rotatable bonds is 4.